The molecule has 9 nitrogen and oxygen atoms in total. The van der Waals surface area contributed by atoms with Crippen LogP contribution in [-0.4, -0.2) is 52.4 Å². The minimum absolute atomic E-state index is 0.0309. The molecule has 1 atom stereocenters. The van der Waals surface area contributed by atoms with E-state index in [4.69, 9.17) is 14.9 Å². The summed E-state index contributed by atoms with van der Waals surface area (Å²) in [5.74, 6) is -1.92. The lowest BCUT2D eigenvalue weighted by Crippen LogP contribution is -2.44. The van der Waals surface area contributed by atoms with Crippen molar-refractivity contribution in [3.63, 3.8) is 0 Å². The summed E-state index contributed by atoms with van der Waals surface area (Å²) in [7, 11) is 0. The zero-order chi connectivity index (χ0) is 24.1. The fourth-order valence-corrected chi connectivity index (χ4v) is 4.64. The second kappa shape index (κ2) is 10.4. The molecule has 1 aromatic heterocycles. The number of carbonyl (C=O) groups excluding carboxylic acids is 2. The average molecular weight is 482 g/mol. The fourth-order valence-electron chi connectivity index (χ4n) is 3.90. The molecule has 0 spiro atoms. The smallest absolute Gasteiger partial charge is 0.407 e. The summed E-state index contributed by atoms with van der Waals surface area (Å²) in [4.78, 5) is 39.4. The molecule has 0 aliphatic heterocycles. The van der Waals surface area contributed by atoms with Gasteiger partial charge in [0, 0.05) is 11.3 Å². The molecule has 0 saturated carbocycles. The van der Waals surface area contributed by atoms with E-state index >= 15 is 0 Å². The molecule has 1 heterocycles. The van der Waals surface area contributed by atoms with Crippen molar-refractivity contribution in [2.75, 3.05) is 13.2 Å². The van der Waals surface area contributed by atoms with Gasteiger partial charge in [0.15, 0.2) is 0 Å². The van der Waals surface area contributed by atoms with Crippen LogP contribution in [0.2, 0.25) is 0 Å². The third-order valence-electron chi connectivity index (χ3n) is 5.48. The van der Waals surface area contributed by atoms with Gasteiger partial charge in [-0.15, -0.1) is 11.3 Å². The summed E-state index contributed by atoms with van der Waals surface area (Å²) in [6.45, 7) is -0.358. The molecule has 0 fully saturated rings. The van der Waals surface area contributed by atoms with Gasteiger partial charge in [-0.25, -0.2) is 14.6 Å². The SMILES string of the molecule is O=C(Cc1csc(CNC(=O)OCC2c3ccccc3-c3ccccc32)n1)N[C@H](CO)C(=O)O. The summed E-state index contributed by atoms with van der Waals surface area (Å²) in [6, 6.07) is 14.8. The molecule has 4 N–H and O–H groups in total. The number of fused-ring (bicyclic) bond motifs is 3. The highest BCUT2D eigenvalue weighted by molar-refractivity contribution is 7.09. The minimum atomic E-state index is -1.36. The van der Waals surface area contributed by atoms with E-state index in [9.17, 15) is 14.4 Å². The highest BCUT2D eigenvalue weighted by Crippen LogP contribution is 2.44. The van der Waals surface area contributed by atoms with E-state index in [1.807, 2.05) is 36.4 Å². The highest BCUT2D eigenvalue weighted by Gasteiger charge is 2.29. The molecule has 4 rings (SSSR count). The quantitative estimate of drug-likeness (QED) is 0.368. The van der Waals surface area contributed by atoms with Crippen LogP contribution in [0.15, 0.2) is 53.9 Å². The maximum atomic E-state index is 12.3. The van der Waals surface area contributed by atoms with Gasteiger partial charge in [0.25, 0.3) is 0 Å². The first-order valence-corrected chi connectivity index (χ1v) is 11.5. The second-order valence-corrected chi connectivity index (χ2v) is 8.67. The molecule has 34 heavy (non-hydrogen) atoms. The van der Waals surface area contributed by atoms with Crippen LogP contribution >= 0.6 is 11.3 Å². The zero-order valence-corrected chi connectivity index (χ0v) is 18.9. The van der Waals surface area contributed by atoms with E-state index in [1.54, 1.807) is 5.38 Å². The van der Waals surface area contributed by atoms with Crippen molar-refractivity contribution in [1.82, 2.24) is 15.6 Å². The maximum Gasteiger partial charge on any atom is 0.407 e. The number of hydrogen-bond donors (Lipinski definition) is 4. The van der Waals surface area contributed by atoms with Crippen LogP contribution in [0.1, 0.15) is 27.7 Å². The predicted molar refractivity (Wildman–Crippen MR) is 124 cm³/mol. The summed E-state index contributed by atoms with van der Waals surface area (Å²) in [5, 5.41) is 25.0. The molecule has 3 aromatic rings. The Kier molecular flexibility index (Phi) is 7.19. The Labute approximate surface area is 199 Å². The number of rotatable bonds is 9. The number of carbonyl (C=O) groups is 3. The van der Waals surface area contributed by atoms with Crippen molar-refractivity contribution in [2.45, 2.75) is 24.9 Å². The van der Waals surface area contributed by atoms with Gasteiger partial charge in [0.2, 0.25) is 5.91 Å². The topological polar surface area (TPSA) is 138 Å². The minimum Gasteiger partial charge on any atom is -0.480 e. The van der Waals surface area contributed by atoms with E-state index in [0.717, 1.165) is 22.3 Å². The van der Waals surface area contributed by atoms with Gasteiger partial charge in [-0.05, 0) is 22.3 Å². The summed E-state index contributed by atoms with van der Waals surface area (Å²) < 4.78 is 5.49. The third kappa shape index (κ3) is 5.24. The van der Waals surface area contributed by atoms with Crippen LogP contribution in [0, 0.1) is 0 Å². The molecular weight excluding hydrogens is 458 g/mol. The van der Waals surface area contributed by atoms with Gasteiger partial charge >= 0.3 is 12.1 Å². The average Bonchev–Trinajstić information content (AvgIpc) is 3.41. The zero-order valence-electron chi connectivity index (χ0n) is 18.1. The van der Waals surface area contributed by atoms with Gasteiger partial charge in [0.05, 0.1) is 25.3 Å². The molecule has 1 aliphatic rings. The summed E-state index contributed by atoms with van der Waals surface area (Å²) in [5.41, 5.74) is 5.01. The Morgan fingerprint density at radius 2 is 1.71 bits per heavy atom. The van der Waals surface area contributed by atoms with Gasteiger partial charge in [-0.3, -0.25) is 4.79 Å². The lowest BCUT2D eigenvalue weighted by molar-refractivity contribution is -0.142. The number of alkyl carbamates (subject to hydrolysis) is 1. The number of aliphatic hydroxyl groups excluding tert-OH is 1. The van der Waals surface area contributed by atoms with Gasteiger partial charge in [0.1, 0.15) is 17.7 Å². The van der Waals surface area contributed by atoms with Crippen molar-refractivity contribution in [2.24, 2.45) is 0 Å². The molecule has 2 amide bonds. The van der Waals surface area contributed by atoms with E-state index in [2.05, 4.69) is 27.8 Å². The molecule has 1 aliphatic carbocycles. The third-order valence-corrected chi connectivity index (χ3v) is 6.38. The summed E-state index contributed by atoms with van der Waals surface area (Å²) in [6.07, 6.45) is -0.700. The molecule has 0 radical (unpaired) electrons. The molecule has 10 heteroatoms. The highest BCUT2D eigenvalue weighted by atomic mass is 32.1. The predicted octanol–water partition coefficient (Wildman–Crippen LogP) is 2.29. The van der Waals surface area contributed by atoms with Crippen molar-refractivity contribution < 1.29 is 29.3 Å². The Hall–Kier alpha value is -3.76. The number of thiazole rings is 1. The largest absolute Gasteiger partial charge is 0.480 e. The van der Waals surface area contributed by atoms with Crippen LogP contribution in [0.3, 0.4) is 0 Å². The van der Waals surface area contributed by atoms with Crippen LogP contribution in [0.25, 0.3) is 11.1 Å². The molecule has 0 saturated heterocycles. The Balaban J connectivity index is 1.27. The number of carboxylic acids is 1. The number of aliphatic carboxylic acids is 1. The van der Waals surface area contributed by atoms with Crippen molar-refractivity contribution in [3.05, 3.63) is 75.7 Å². The Morgan fingerprint density at radius 1 is 1.06 bits per heavy atom. The van der Waals surface area contributed by atoms with Crippen LogP contribution in [0.4, 0.5) is 4.79 Å². The van der Waals surface area contributed by atoms with Crippen molar-refractivity contribution >= 4 is 29.3 Å². The molecule has 176 valence electrons. The van der Waals surface area contributed by atoms with Gasteiger partial charge in [-0.1, -0.05) is 48.5 Å². The standard InChI is InChI=1S/C24H23N3O6S/c28-11-20(23(30)31)27-21(29)9-14-13-34-22(26-14)10-25-24(32)33-12-19-17-7-3-1-5-15(17)16-6-2-4-8-18(16)19/h1-8,13,19-20,28H,9-12H2,(H,25,32)(H,27,29)(H,30,31)/t20-/m1/s1. The first kappa shape index (κ1) is 23.4. The number of ether oxygens (including phenoxy) is 1. The molecule has 2 aromatic carbocycles. The Morgan fingerprint density at radius 3 is 2.32 bits per heavy atom. The number of benzene rings is 2. The maximum absolute atomic E-state index is 12.3. The number of hydrogen-bond acceptors (Lipinski definition) is 7. The molecular formula is C24H23N3O6S. The number of amides is 2. The van der Waals surface area contributed by atoms with Crippen LogP contribution in [-0.2, 0) is 27.3 Å². The fraction of sp³-hybridized carbons (Fsp3) is 0.250. The van der Waals surface area contributed by atoms with E-state index < -0.39 is 30.6 Å². The number of aromatic nitrogens is 1. The van der Waals surface area contributed by atoms with Crippen molar-refractivity contribution in [1.29, 1.82) is 0 Å². The normalized spacial score (nSPS) is 13.0. The van der Waals surface area contributed by atoms with Crippen LogP contribution < -0.4 is 10.6 Å². The number of nitrogens with zero attached hydrogens (tertiary/aromatic N) is 1. The van der Waals surface area contributed by atoms with Gasteiger partial charge in [-0.2, -0.15) is 0 Å². The lowest BCUT2D eigenvalue weighted by Gasteiger charge is -2.14. The molecule has 0 unspecified atom stereocenters. The second-order valence-electron chi connectivity index (χ2n) is 7.73. The van der Waals surface area contributed by atoms with Crippen LogP contribution in [0.5, 0.6) is 0 Å². The first-order valence-electron chi connectivity index (χ1n) is 10.6. The summed E-state index contributed by atoms with van der Waals surface area (Å²) >= 11 is 1.26. The lowest BCUT2D eigenvalue weighted by atomic mass is 9.98. The molecule has 0 bridgehead atoms. The number of nitrogens with one attached hydrogen (secondary N) is 2. The number of aliphatic hydroxyl groups is 1. The monoisotopic (exact) mass is 481 g/mol. The van der Waals surface area contributed by atoms with Gasteiger partial charge < -0.3 is 25.6 Å². The first-order chi connectivity index (χ1) is 16.5. The number of carboxylic acid groups (broad SMARTS) is 1. The van der Waals surface area contributed by atoms with E-state index in [-0.39, 0.29) is 25.5 Å². The van der Waals surface area contributed by atoms with Crippen molar-refractivity contribution in [3.8, 4) is 11.1 Å². The van der Waals surface area contributed by atoms with E-state index in [0.29, 0.717) is 10.7 Å². The van der Waals surface area contributed by atoms with E-state index in [1.165, 1.54) is 11.3 Å². The Bertz CT molecular complexity index is 1170.